The average molecular weight is 207 g/mol. The molecule has 1 aromatic rings. The van der Waals surface area contributed by atoms with Crippen LogP contribution in [0.3, 0.4) is 0 Å². The number of amides is 1. The van der Waals surface area contributed by atoms with Gasteiger partial charge in [-0.1, -0.05) is 19.1 Å². The van der Waals surface area contributed by atoms with Crippen LogP contribution in [-0.4, -0.2) is 11.2 Å². The second kappa shape index (κ2) is 4.05. The summed E-state index contributed by atoms with van der Waals surface area (Å²) in [6, 6.07) is 7.98. The van der Waals surface area contributed by atoms with E-state index in [1.807, 2.05) is 18.2 Å². The molecule has 0 saturated heterocycles. The van der Waals surface area contributed by atoms with Crippen LogP contribution in [0.15, 0.2) is 29.2 Å². The number of nitrogens with one attached hydrogen (secondary N) is 1. The van der Waals surface area contributed by atoms with Crippen LogP contribution in [0.5, 0.6) is 0 Å². The first-order valence-corrected chi connectivity index (χ1v) is 5.73. The van der Waals surface area contributed by atoms with Crippen molar-refractivity contribution in [3.63, 3.8) is 0 Å². The first-order chi connectivity index (χ1) is 6.79. The Bertz CT molecular complexity index is 351. The van der Waals surface area contributed by atoms with E-state index in [0.717, 1.165) is 12.1 Å². The molecule has 0 radical (unpaired) electrons. The molecule has 1 heterocycles. The lowest BCUT2D eigenvalue weighted by Gasteiger charge is -2.08. The number of para-hydroxylation sites is 1. The van der Waals surface area contributed by atoms with Gasteiger partial charge in [-0.15, -0.1) is 11.8 Å². The quantitative estimate of drug-likeness (QED) is 0.767. The normalized spacial score (nSPS) is 20.9. The number of rotatable bonds is 1. The van der Waals surface area contributed by atoms with Crippen LogP contribution in [0.4, 0.5) is 5.69 Å². The number of benzene rings is 1. The second-order valence-electron chi connectivity index (χ2n) is 3.40. The first kappa shape index (κ1) is 9.59. The molecule has 2 nitrogen and oxygen atoms in total. The van der Waals surface area contributed by atoms with E-state index < -0.39 is 0 Å². The Morgan fingerprint density at radius 3 is 3.07 bits per heavy atom. The molecule has 2 rings (SSSR count). The van der Waals surface area contributed by atoms with Gasteiger partial charge >= 0.3 is 0 Å². The zero-order chi connectivity index (χ0) is 9.97. The molecule has 74 valence electrons. The molecular formula is C11H13NOS. The third kappa shape index (κ3) is 1.93. The van der Waals surface area contributed by atoms with Crippen molar-refractivity contribution in [3.05, 3.63) is 24.3 Å². The molecule has 0 spiro atoms. The van der Waals surface area contributed by atoms with Crippen LogP contribution in [0.25, 0.3) is 0 Å². The summed E-state index contributed by atoms with van der Waals surface area (Å²) in [5.74, 6) is 0.134. The van der Waals surface area contributed by atoms with E-state index in [1.165, 1.54) is 4.90 Å². The molecule has 3 heteroatoms. The third-order valence-electron chi connectivity index (χ3n) is 2.32. The van der Waals surface area contributed by atoms with E-state index in [9.17, 15) is 4.79 Å². The smallest absolute Gasteiger partial charge is 0.225 e. The Morgan fingerprint density at radius 2 is 2.29 bits per heavy atom. The minimum absolute atomic E-state index is 0.134. The highest BCUT2D eigenvalue weighted by atomic mass is 32.2. The van der Waals surface area contributed by atoms with Gasteiger partial charge in [0, 0.05) is 16.6 Å². The standard InChI is InChI=1S/C11H13NOS/c1-2-8-7-11(13)12-9-5-3-4-6-10(9)14-8/h3-6,8H,2,7H2,1H3,(H,12,13). The summed E-state index contributed by atoms with van der Waals surface area (Å²) in [5, 5.41) is 3.34. The number of hydrogen-bond donors (Lipinski definition) is 1. The van der Waals surface area contributed by atoms with Crippen LogP contribution < -0.4 is 5.32 Å². The molecule has 14 heavy (non-hydrogen) atoms. The van der Waals surface area contributed by atoms with Gasteiger partial charge in [0.25, 0.3) is 0 Å². The largest absolute Gasteiger partial charge is 0.325 e. The van der Waals surface area contributed by atoms with Gasteiger partial charge < -0.3 is 5.32 Å². The molecule has 0 bridgehead atoms. The van der Waals surface area contributed by atoms with Crippen molar-refractivity contribution in [2.45, 2.75) is 29.9 Å². The van der Waals surface area contributed by atoms with E-state index in [0.29, 0.717) is 11.7 Å². The lowest BCUT2D eigenvalue weighted by atomic mass is 10.2. The maximum atomic E-state index is 11.5. The molecular weight excluding hydrogens is 194 g/mol. The van der Waals surface area contributed by atoms with Crippen molar-refractivity contribution < 1.29 is 4.79 Å². The van der Waals surface area contributed by atoms with E-state index in [1.54, 1.807) is 11.8 Å². The monoisotopic (exact) mass is 207 g/mol. The zero-order valence-electron chi connectivity index (χ0n) is 8.12. The molecule has 1 N–H and O–H groups in total. The fraction of sp³-hybridized carbons (Fsp3) is 0.364. The van der Waals surface area contributed by atoms with Gasteiger partial charge in [0.05, 0.1) is 5.69 Å². The minimum Gasteiger partial charge on any atom is -0.325 e. The third-order valence-corrected chi connectivity index (χ3v) is 3.77. The number of carbonyl (C=O) groups excluding carboxylic acids is 1. The zero-order valence-corrected chi connectivity index (χ0v) is 8.93. The molecule has 1 unspecified atom stereocenters. The van der Waals surface area contributed by atoms with Gasteiger partial charge in [0.1, 0.15) is 0 Å². The summed E-state index contributed by atoms with van der Waals surface area (Å²) in [6.07, 6.45) is 1.66. The summed E-state index contributed by atoms with van der Waals surface area (Å²) < 4.78 is 0. The number of anilines is 1. The van der Waals surface area contributed by atoms with Gasteiger partial charge in [-0.25, -0.2) is 0 Å². The Balaban J connectivity index is 2.32. The number of hydrogen-bond acceptors (Lipinski definition) is 2. The Hall–Kier alpha value is -0.960. The minimum atomic E-state index is 0.134. The number of carbonyl (C=O) groups is 1. The van der Waals surface area contributed by atoms with Crippen molar-refractivity contribution in [1.82, 2.24) is 0 Å². The topological polar surface area (TPSA) is 29.1 Å². The molecule has 0 fully saturated rings. The molecule has 1 aliphatic heterocycles. The van der Waals surface area contributed by atoms with Gasteiger partial charge in [0.2, 0.25) is 5.91 Å². The summed E-state index contributed by atoms with van der Waals surface area (Å²) in [6.45, 7) is 2.12. The van der Waals surface area contributed by atoms with Crippen LogP contribution in [0.2, 0.25) is 0 Å². The summed E-state index contributed by atoms with van der Waals surface area (Å²) in [7, 11) is 0. The molecule has 1 aliphatic rings. The predicted molar refractivity (Wildman–Crippen MR) is 59.6 cm³/mol. The SMILES string of the molecule is CCC1CC(=O)Nc2ccccc2S1. The molecule has 0 aromatic heterocycles. The maximum absolute atomic E-state index is 11.5. The predicted octanol–water partition coefficient (Wildman–Crippen LogP) is 2.90. The Kier molecular flexibility index (Phi) is 2.77. The van der Waals surface area contributed by atoms with Gasteiger partial charge in [-0.2, -0.15) is 0 Å². The summed E-state index contributed by atoms with van der Waals surface area (Å²) in [4.78, 5) is 12.7. The van der Waals surface area contributed by atoms with Gasteiger partial charge in [-0.05, 0) is 18.6 Å². The van der Waals surface area contributed by atoms with Crippen molar-refractivity contribution in [2.24, 2.45) is 0 Å². The molecule has 1 amide bonds. The van der Waals surface area contributed by atoms with E-state index in [-0.39, 0.29) is 5.91 Å². The fourth-order valence-corrected chi connectivity index (χ4v) is 2.69. The van der Waals surface area contributed by atoms with Crippen LogP contribution in [-0.2, 0) is 4.79 Å². The van der Waals surface area contributed by atoms with Crippen LogP contribution in [0.1, 0.15) is 19.8 Å². The van der Waals surface area contributed by atoms with Gasteiger partial charge in [0.15, 0.2) is 0 Å². The van der Waals surface area contributed by atoms with Crippen LogP contribution in [0, 0.1) is 0 Å². The lowest BCUT2D eigenvalue weighted by Crippen LogP contribution is -2.14. The number of thioether (sulfide) groups is 1. The second-order valence-corrected chi connectivity index (χ2v) is 4.74. The van der Waals surface area contributed by atoms with Crippen molar-refractivity contribution in [1.29, 1.82) is 0 Å². The Morgan fingerprint density at radius 1 is 1.50 bits per heavy atom. The molecule has 1 atom stereocenters. The van der Waals surface area contributed by atoms with E-state index in [2.05, 4.69) is 18.3 Å². The lowest BCUT2D eigenvalue weighted by molar-refractivity contribution is -0.116. The highest BCUT2D eigenvalue weighted by molar-refractivity contribution is 8.00. The average Bonchev–Trinajstić information content (AvgIpc) is 2.35. The highest BCUT2D eigenvalue weighted by Gasteiger charge is 2.19. The van der Waals surface area contributed by atoms with E-state index in [4.69, 9.17) is 0 Å². The molecule has 0 aliphatic carbocycles. The Labute approximate surface area is 88.1 Å². The first-order valence-electron chi connectivity index (χ1n) is 4.85. The maximum Gasteiger partial charge on any atom is 0.225 e. The van der Waals surface area contributed by atoms with Gasteiger partial charge in [-0.3, -0.25) is 4.79 Å². The summed E-state index contributed by atoms with van der Waals surface area (Å²) in [5.41, 5.74) is 0.957. The summed E-state index contributed by atoms with van der Waals surface area (Å²) >= 11 is 1.80. The number of fused-ring (bicyclic) bond motifs is 1. The van der Waals surface area contributed by atoms with Crippen molar-refractivity contribution in [3.8, 4) is 0 Å². The molecule has 1 aromatic carbocycles. The highest BCUT2D eigenvalue weighted by Crippen LogP contribution is 2.35. The molecule has 0 saturated carbocycles. The van der Waals surface area contributed by atoms with E-state index >= 15 is 0 Å². The fourth-order valence-electron chi connectivity index (χ4n) is 1.53. The van der Waals surface area contributed by atoms with Crippen molar-refractivity contribution in [2.75, 3.05) is 5.32 Å². The van der Waals surface area contributed by atoms with Crippen LogP contribution >= 0.6 is 11.8 Å². The van der Waals surface area contributed by atoms with Crippen molar-refractivity contribution >= 4 is 23.4 Å².